The van der Waals surface area contributed by atoms with E-state index in [2.05, 4.69) is 58.4 Å². The van der Waals surface area contributed by atoms with Gasteiger partial charge in [-0.25, -0.2) is 14.6 Å². The van der Waals surface area contributed by atoms with Gasteiger partial charge in [0.2, 0.25) is 11.6 Å². The van der Waals surface area contributed by atoms with Crippen molar-refractivity contribution < 1.29 is 33.8 Å². The number of amides is 4. The Labute approximate surface area is 379 Å². The number of likely N-dealkylation sites (tertiary alicyclic amines) is 2. The van der Waals surface area contributed by atoms with Crippen molar-refractivity contribution in [2.75, 3.05) is 54.0 Å². The molecule has 64 heavy (non-hydrogen) atoms. The molecule has 1 aromatic carbocycles. The molecule has 0 spiro atoms. The topological polar surface area (TPSA) is 175 Å². The number of pyridine rings is 1. The Balaban J connectivity index is 1.18. The number of nitrogens with zero attached hydrogens (tertiary/aromatic N) is 7. The summed E-state index contributed by atoms with van der Waals surface area (Å²) in [6.07, 6.45) is 2.34. The quantitative estimate of drug-likeness (QED) is 0.207. The lowest BCUT2D eigenvalue weighted by atomic mass is 9.84. The molecule has 3 N–H and O–H groups in total. The van der Waals surface area contributed by atoms with Crippen LogP contribution in [0, 0.1) is 17.3 Å². The molecule has 6 atom stereocenters. The van der Waals surface area contributed by atoms with Crippen LogP contribution in [0.15, 0.2) is 41.9 Å². The summed E-state index contributed by atoms with van der Waals surface area (Å²) in [6.45, 7) is 15.1. The lowest BCUT2D eigenvalue weighted by Crippen LogP contribution is -2.68. The summed E-state index contributed by atoms with van der Waals surface area (Å²) in [5.74, 6) is -1.79. The Bertz CT molecular complexity index is 2430. The van der Waals surface area contributed by atoms with E-state index in [-0.39, 0.29) is 50.1 Å². The second kappa shape index (κ2) is 17.8. The molecule has 16 nitrogen and oxygen atoms in total. The minimum Gasteiger partial charge on any atom is -0.462 e. The summed E-state index contributed by atoms with van der Waals surface area (Å²) in [6, 6.07) is 8.17. The number of carbonyl (C=O) groups is 4. The van der Waals surface area contributed by atoms with Gasteiger partial charge in [-0.1, -0.05) is 33.8 Å². The highest BCUT2D eigenvalue weighted by Crippen LogP contribution is 2.42. The predicted molar refractivity (Wildman–Crippen MR) is 244 cm³/mol. The lowest BCUT2D eigenvalue weighted by molar-refractivity contribution is -0.189. The van der Waals surface area contributed by atoms with E-state index in [0.29, 0.717) is 36.9 Å². The summed E-state index contributed by atoms with van der Waals surface area (Å²) >= 11 is 1.39. The van der Waals surface area contributed by atoms with E-state index < -0.39 is 41.0 Å². The van der Waals surface area contributed by atoms with Crippen LogP contribution in [0.1, 0.15) is 76.8 Å². The SMILES string of the molecule is CCn1c(-c2cccnc2[C@H](C)OC)c2c3cc(ccc31)-c1csc(n1)C[C@H](NC(=O)[C@H](C(C)C)N(C)C(=O)N1C[C@H]3CN(C)C[C@H]31)C(=O)N1CCC[C@@](O)(N1)C(=O)OCC(C)(C)C2. The fourth-order valence-corrected chi connectivity index (χ4v) is 11.0. The highest BCUT2D eigenvalue weighted by Gasteiger charge is 2.49. The minimum atomic E-state index is -2.20. The molecule has 3 fully saturated rings. The Kier molecular flexibility index (Phi) is 12.7. The monoisotopic (exact) mass is 897 g/mol. The number of methoxy groups -OCH3 is 1. The molecule has 4 amide bonds. The number of hydrogen-bond acceptors (Lipinski definition) is 12. The van der Waals surface area contributed by atoms with Gasteiger partial charge in [-0.05, 0) is 69.5 Å². The largest absolute Gasteiger partial charge is 0.462 e. The number of esters is 1. The minimum absolute atomic E-state index is 0.0117. The fraction of sp³-hybridized carbons (Fsp3) is 0.574. The molecular weight excluding hydrogens is 835 g/mol. The summed E-state index contributed by atoms with van der Waals surface area (Å²) in [4.78, 5) is 72.3. The van der Waals surface area contributed by atoms with Crippen LogP contribution in [0.25, 0.3) is 33.4 Å². The van der Waals surface area contributed by atoms with E-state index in [0.717, 1.165) is 57.8 Å². The molecule has 4 aliphatic heterocycles. The standard InChI is InChI=1S/C47H63N9O7S/c1-10-54-36-15-14-29-19-32(36)33(41(54)31-13-11-17-48-39(31)28(4)62-9)21-46(5,6)26-63-44(59)47(61)16-12-18-56(51-47)43(58)34(20-38-49-35(29)25-64-38)50-42(57)40(27(2)3)53(8)45(60)55-23-30-22-52(7)24-37(30)55/h11,13-15,17,19,25,27-28,30,34,37,40,51,61H,10,12,16,18,20-24,26H2,1-9H3,(H,50,57)/t28-,30+,34-,37+,40-,47-/m0/s1. The van der Waals surface area contributed by atoms with Crippen LogP contribution in [-0.2, 0) is 43.2 Å². The van der Waals surface area contributed by atoms with Gasteiger partial charge in [0.25, 0.3) is 5.91 Å². The first-order valence-corrected chi connectivity index (χ1v) is 23.4. The number of fused-ring (bicyclic) bond motifs is 7. The molecule has 8 rings (SSSR count). The van der Waals surface area contributed by atoms with E-state index >= 15 is 0 Å². The molecule has 7 heterocycles. The number of rotatable bonds is 8. The zero-order valence-electron chi connectivity index (χ0n) is 38.5. The fourth-order valence-electron chi connectivity index (χ4n) is 10.2. The molecule has 17 heteroatoms. The molecule has 344 valence electrons. The molecule has 3 aromatic heterocycles. The van der Waals surface area contributed by atoms with Crippen molar-refractivity contribution in [3.05, 3.63) is 58.2 Å². The maximum absolute atomic E-state index is 14.6. The number of ether oxygens (including phenoxy) is 2. The molecule has 4 aromatic rings. The smallest absolute Gasteiger partial charge is 0.355 e. The van der Waals surface area contributed by atoms with Crippen LogP contribution in [0.4, 0.5) is 4.79 Å². The van der Waals surface area contributed by atoms with Gasteiger partial charge in [0, 0.05) is 105 Å². The molecule has 0 radical (unpaired) electrons. The third-order valence-electron chi connectivity index (χ3n) is 13.5. The van der Waals surface area contributed by atoms with Crippen molar-refractivity contribution in [3.8, 4) is 22.5 Å². The van der Waals surface area contributed by atoms with Crippen LogP contribution in [-0.4, -0.2) is 141 Å². The number of carbonyl (C=O) groups excluding carboxylic acids is 4. The Morgan fingerprint density at radius 2 is 1.94 bits per heavy atom. The summed E-state index contributed by atoms with van der Waals surface area (Å²) in [5.41, 5.74) is 6.41. The molecule has 3 saturated heterocycles. The Hall–Kier alpha value is -4.94. The van der Waals surface area contributed by atoms with Gasteiger partial charge in [-0.2, -0.15) is 5.43 Å². The number of hydrazine groups is 1. The third-order valence-corrected chi connectivity index (χ3v) is 14.4. The number of urea groups is 1. The molecule has 0 saturated carbocycles. The molecule has 0 unspecified atom stereocenters. The number of benzene rings is 1. The van der Waals surface area contributed by atoms with Gasteiger partial charge < -0.3 is 39.2 Å². The third kappa shape index (κ3) is 8.52. The number of aryl methyl sites for hydroxylation is 1. The van der Waals surface area contributed by atoms with Gasteiger partial charge in [-0.15, -0.1) is 11.3 Å². The van der Waals surface area contributed by atoms with Crippen molar-refractivity contribution in [1.82, 2.24) is 45.0 Å². The number of nitrogens with one attached hydrogen (secondary N) is 2. The van der Waals surface area contributed by atoms with Gasteiger partial charge in [-0.3, -0.25) is 19.6 Å². The van der Waals surface area contributed by atoms with Crippen molar-refractivity contribution in [2.45, 2.75) is 104 Å². The Morgan fingerprint density at radius 1 is 1.16 bits per heavy atom. The van der Waals surface area contributed by atoms with Crippen LogP contribution in [0.3, 0.4) is 0 Å². The van der Waals surface area contributed by atoms with Gasteiger partial charge in [0.15, 0.2) is 0 Å². The second-order valence-corrected chi connectivity index (χ2v) is 20.2. The first-order valence-electron chi connectivity index (χ1n) is 22.5. The van der Waals surface area contributed by atoms with Crippen LogP contribution >= 0.6 is 11.3 Å². The van der Waals surface area contributed by atoms with Gasteiger partial charge in [0.05, 0.1) is 40.8 Å². The molecular formula is C47H63N9O7S. The van der Waals surface area contributed by atoms with E-state index in [1.165, 1.54) is 21.2 Å². The molecule has 4 aliphatic rings. The van der Waals surface area contributed by atoms with Gasteiger partial charge >= 0.3 is 12.0 Å². The van der Waals surface area contributed by atoms with Crippen LogP contribution in [0.5, 0.6) is 0 Å². The number of aliphatic hydroxyl groups is 1. The highest BCUT2D eigenvalue weighted by atomic mass is 32.1. The van der Waals surface area contributed by atoms with Gasteiger partial charge in [0.1, 0.15) is 12.1 Å². The maximum Gasteiger partial charge on any atom is 0.355 e. The number of thiazole rings is 1. The first kappa shape index (κ1) is 45.6. The normalized spacial score (nSPS) is 24.8. The van der Waals surface area contributed by atoms with Crippen LogP contribution in [0.2, 0.25) is 0 Å². The zero-order chi connectivity index (χ0) is 45.8. The average molecular weight is 898 g/mol. The van der Waals surface area contributed by atoms with E-state index in [4.69, 9.17) is 19.4 Å². The molecule has 0 aliphatic carbocycles. The van der Waals surface area contributed by atoms with Crippen molar-refractivity contribution in [2.24, 2.45) is 17.3 Å². The van der Waals surface area contributed by atoms with E-state index in [1.807, 2.05) is 51.0 Å². The number of hydrogen-bond donors (Lipinski definition) is 3. The van der Waals surface area contributed by atoms with E-state index in [1.54, 1.807) is 20.4 Å². The second-order valence-electron chi connectivity index (χ2n) is 19.3. The van der Waals surface area contributed by atoms with Crippen molar-refractivity contribution >= 4 is 46.1 Å². The zero-order valence-corrected chi connectivity index (χ0v) is 39.3. The summed E-state index contributed by atoms with van der Waals surface area (Å²) in [7, 11) is 5.37. The number of likely N-dealkylation sites (N-methyl/N-ethyl adjacent to an activating group) is 2. The highest BCUT2D eigenvalue weighted by molar-refractivity contribution is 7.10. The van der Waals surface area contributed by atoms with Crippen molar-refractivity contribution in [1.29, 1.82) is 0 Å². The van der Waals surface area contributed by atoms with Crippen LogP contribution < -0.4 is 10.7 Å². The Morgan fingerprint density at radius 3 is 2.66 bits per heavy atom. The van der Waals surface area contributed by atoms with E-state index in [9.17, 15) is 24.3 Å². The summed E-state index contributed by atoms with van der Waals surface area (Å²) < 4.78 is 14.1. The number of cyclic esters (lactones) is 1. The first-order chi connectivity index (χ1) is 30.4. The molecule has 6 bridgehead atoms. The maximum atomic E-state index is 14.6. The summed E-state index contributed by atoms with van der Waals surface area (Å²) in [5, 5.41) is 19.6. The number of aromatic nitrogens is 3. The van der Waals surface area contributed by atoms with Crippen molar-refractivity contribution in [3.63, 3.8) is 0 Å². The average Bonchev–Trinajstić information content (AvgIpc) is 3.94. The predicted octanol–water partition coefficient (Wildman–Crippen LogP) is 4.84. The lowest BCUT2D eigenvalue weighted by Gasteiger charge is -2.46.